The van der Waals surface area contributed by atoms with Gasteiger partial charge < -0.3 is 15.2 Å². The minimum atomic E-state index is -4.54. The highest BCUT2D eigenvalue weighted by Gasteiger charge is 2.31. The maximum atomic E-state index is 12.7. The van der Waals surface area contributed by atoms with Gasteiger partial charge in [0.2, 0.25) is 5.91 Å². The normalized spacial score (nSPS) is 13.6. The Balaban J connectivity index is 2.76. The van der Waals surface area contributed by atoms with Gasteiger partial charge in [-0.05, 0) is 24.5 Å². The van der Waals surface area contributed by atoms with Crippen LogP contribution >= 0.6 is 0 Å². The van der Waals surface area contributed by atoms with Crippen molar-refractivity contribution in [1.29, 1.82) is 0 Å². The first kappa shape index (κ1) is 21.5. The molecule has 1 aromatic rings. The fraction of sp³-hybridized carbons (Fsp3) is 0.471. The van der Waals surface area contributed by atoms with Crippen LogP contribution in [0.15, 0.2) is 24.3 Å². The van der Waals surface area contributed by atoms with E-state index < -0.39 is 48.0 Å². The number of halogens is 3. The van der Waals surface area contributed by atoms with Gasteiger partial charge in [0.25, 0.3) is 0 Å². The van der Waals surface area contributed by atoms with Crippen LogP contribution in [0.25, 0.3) is 0 Å². The number of ether oxygens (including phenoxy) is 1. The molecule has 0 aromatic heterocycles. The van der Waals surface area contributed by atoms with Crippen molar-refractivity contribution < 1.29 is 37.4 Å². The summed E-state index contributed by atoms with van der Waals surface area (Å²) in [6, 6.07) is 2.86. The molecule has 6 nitrogen and oxygen atoms in total. The average Bonchev–Trinajstić information content (AvgIpc) is 2.51. The smallest absolute Gasteiger partial charge is 0.416 e. The third kappa shape index (κ3) is 6.73. The standard InChI is InChI=1S/C17H20F3NO5/c1-3-26-14(23)7-10(2)15(16(24)25)21-13(22)9-11-5-4-6-12(8-11)17(18,19)20/h4-6,8,10,15H,3,7,9H2,1-2H3,(H,21,22)(H,24,25)/t10-,15+/m1/s1. The van der Waals surface area contributed by atoms with Gasteiger partial charge in [-0.3, -0.25) is 9.59 Å². The molecule has 0 radical (unpaired) electrons. The van der Waals surface area contributed by atoms with E-state index in [1.165, 1.54) is 19.1 Å². The molecule has 2 N–H and O–H groups in total. The molecule has 2 atom stereocenters. The van der Waals surface area contributed by atoms with Gasteiger partial charge in [-0.15, -0.1) is 0 Å². The fourth-order valence-electron chi connectivity index (χ4n) is 2.32. The number of aliphatic carboxylic acids is 1. The van der Waals surface area contributed by atoms with E-state index in [0.29, 0.717) is 0 Å². The van der Waals surface area contributed by atoms with Crippen LogP contribution < -0.4 is 5.32 Å². The highest BCUT2D eigenvalue weighted by Crippen LogP contribution is 2.29. The molecule has 0 heterocycles. The minimum absolute atomic E-state index is 0.0968. The van der Waals surface area contributed by atoms with Gasteiger partial charge in [-0.2, -0.15) is 13.2 Å². The van der Waals surface area contributed by atoms with Crippen molar-refractivity contribution in [1.82, 2.24) is 5.32 Å². The first-order valence-corrected chi connectivity index (χ1v) is 7.88. The summed E-state index contributed by atoms with van der Waals surface area (Å²) in [5.41, 5.74) is -0.798. The quantitative estimate of drug-likeness (QED) is 0.681. The van der Waals surface area contributed by atoms with E-state index in [9.17, 15) is 32.7 Å². The zero-order chi connectivity index (χ0) is 19.9. The number of benzene rings is 1. The number of alkyl halides is 3. The Hall–Kier alpha value is -2.58. The van der Waals surface area contributed by atoms with Crippen molar-refractivity contribution in [3.8, 4) is 0 Å². The van der Waals surface area contributed by atoms with Gasteiger partial charge in [-0.25, -0.2) is 4.79 Å². The maximum Gasteiger partial charge on any atom is 0.416 e. The Morgan fingerprint density at radius 2 is 1.92 bits per heavy atom. The predicted molar refractivity (Wildman–Crippen MR) is 85.1 cm³/mol. The van der Waals surface area contributed by atoms with Gasteiger partial charge in [0, 0.05) is 0 Å². The van der Waals surface area contributed by atoms with Gasteiger partial charge >= 0.3 is 18.1 Å². The van der Waals surface area contributed by atoms with Crippen LogP contribution in [-0.2, 0) is 31.7 Å². The van der Waals surface area contributed by atoms with Gasteiger partial charge in [0.05, 0.1) is 25.0 Å². The number of carboxylic acids is 1. The number of esters is 1. The second kappa shape index (κ2) is 9.21. The van der Waals surface area contributed by atoms with Crippen LogP contribution in [0, 0.1) is 5.92 Å². The van der Waals surface area contributed by atoms with Crippen molar-refractivity contribution >= 4 is 17.8 Å². The molecule has 0 spiro atoms. The number of carboxylic acid groups (broad SMARTS) is 1. The third-order valence-electron chi connectivity index (χ3n) is 3.56. The van der Waals surface area contributed by atoms with E-state index in [-0.39, 0.29) is 18.6 Å². The highest BCUT2D eigenvalue weighted by atomic mass is 19.4. The monoisotopic (exact) mass is 375 g/mol. The third-order valence-corrected chi connectivity index (χ3v) is 3.56. The summed E-state index contributed by atoms with van der Waals surface area (Å²) in [7, 11) is 0. The Labute approximate surface area is 148 Å². The summed E-state index contributed by atoms with van der Waals surface area (Å²) in [6.07, 6.45) is -5.17. The molecule has 0 unspecified atom stereocenters. The molecule has 0 bridgehead atoms. The van der Waals surface area contributed by atoms with Gasteiger partial charge in [-0.1, -0.05) is 25.1 Å². The number of rotatable bonds is 8. The predicted octanol–water partition coefficient (Wildman–Crippen LogP) is 2.41. The second-order valence-electron chi connectivity index (χ2n) is 5.74. The van der Waals surface area contributed by atoms with Crippen molar-refractivity contribution in [2.24, 2.45) is 5.92 Å². The first-order chi connectivity index (χ1) is 12.0. The molecule has 144 valence electrons. The lowest BCUT2D eigenvalue weighted by Crippen LogP contribution is -2.46. The molecule has 0 saturated heterocycles. The minimum Gasteiger partial charge on any atom is -0.480 e. The molecule has 1 aromatic carbocycles. The summed E-state index contributed by atoms with van der Waals surface area (Å²) in [5.74, 6) is -3.46. The van der Waals surface area contributed by atoms with Crippen LogP contribution in [-0.4, -0.2) is 35.6 Å². The molecular weight excluding hydrogens is 355 g/mol. The lowest BCUT2D eigenvalue weighted by Gasteiger charge is -2.21. The van der Waals surface area contributed by atoms with Crippen LogP contribution in [0.3, 0.4) is 0 Å². The van der Waals surface area contributed by atoms with E-state index in [1.807, 2.05) is 0 Å². The number of carbonyl (C=O) groups excluding carboxylic acids is 2. The van der Waals surface area contributed by atoms with E-state index in [2.05, 4.69) is 5.32 Å². The summed E-state index contributed by atoms with van der Waals surface area (Å²) in [4.78, 5) is 34.8. The maximum absolute atomic E-state index is 12.7. The Morgan fingerprint density at radius 3 is 2.46 bits per heavy atom. The summed E-state index contributed by atoms with van der Waals surface area (Å²) >= 11 is 0. The summed E-state index contributed by atoms with van der Waals surface area (Å²) < 4.78 is 42.8. The first-order valence-electron chi connectivity index (χ1n) is 7.88. The zero-order valence-electron chi connectivity index (χ0n) is 14.3. The van der Waals surface area contributed by atoms with Crippen molar-refractivity contribution in [3.05, 3.63) is 35.4 Å². The van der Waals surface area contributed by atoms with E-state index >= 15 is 0 Å². The van der Waals surface area contributed by atoms with E-state index in [4.69, 9.17) is 4.74 Å². The van der Waals surface area contributed by atoms with E-state index in [1.54, 1.807) is 6.92 Å². The molecule has 26 heavy (non-hydrogen) atoms. The lowest BCUT2D eigenvalue weighted by atomic mass is 9.97. The van der Waals surface area contributed by atoms with Crippen LogP contribution in [0.2, 0.25) is 0 Å². The Kier molecular flexibility index (Phi) is 7.60. The van der Waals surface area contributed by atoms with Crippen molar-refractivity contribution in [2.75, 3.05) is 6.61 Å². The topological polar surface area (TPSA) is 92.7 Å². The molecular formula is C17H20F3NO5. The highest BCUT2D eigenvalue weighted by molar-refractivity contribution is 5.85. The fourth-order valence-corrected chi connectivity index (χ4v) is 2.32. The molecule has 9 heteroatoms. The summed E-state index contributed by atoms with van der Waals surface area (Å²) in [5, 5.41) is 11.5. The lowest BCUT2D eigenvalue weighted by molar-refractivity contribution is -0.147. The molecule has 1 amide bonds. The molecule has 1 rings (SSSR count). The molecule has 0 fully saturated rings. The number of hydrogen-bond donors (Lipinski definition) is 2. The largest absolute Gasteiger partial charge is 0.480 e. The molecule has 0 aliphatic heterocycles. The molecule has 0 aliphatic carbocycles. The summed E-state index contributed by atoms with van der Waals surface area (Å²) in [6.45, 7) is 3.21. The van der Waals surface area contributed by atoms with Crippen molar-refractivity contribution in [2.45, 2.75) is 38.9 Å². The van der Waals surface area contributed by atoms with Gasteiger partial charge in [0.1, 0.15) is 6.04 Å². The Morgan fingerprint density at radius 1 is 1.27 bits per heavy atom. The van der Waals surface area contributed by atoms with Crippen LogP contribution in [0.4, 0.5) is 13.2 Å². The molecule has 0 saturated carbocycles. The zero-order valence-corrected chi connectivity index (χ0v) is 14.3. The SMILES string of the molecule is CCOC(=O)C[C@@H](C)[C@H](NC(=O)Cc1cccc(C(F)(F)F)c1)C(=O)O. The van der Waals surface area contributed by atoms with Gasteiger partial charge in [0.15, 0.2) is 0 Å². The number of carbonyl (C=O) groups is 3. The van der Waals surface area contributed by atoms with Crippen molar-refractivity contribution in [3.63, 3.8) is 0 Å². The second-order valence-corrected chi connectivity index (χ2v) is 5.74. The number of amides is 1. The van der Waals surface area contributed by atoms with Crippen LogP contribution in [0.5, 0.6) is 0 Å². The Bertz CT molecular complexity index is 660. The number of nitrogens with one attached hydrogen (secondary N) is 1. The average molecular weight is 375 g/mol. The number of hydrogen-bond acceptors (Lipinski definition) is 4. The van der Waals surface area contributed by atoms with E-state index in [0.717, 1.165) is 12.1 Å². The van der Waals surface area contributed by atoms with Crippen LogP contribution in [0.1, 0.15) is 31.4 Å². The molecule has 0 aliphatic rings.